The van der Waals surface area contributed by atoms with Crippen LogP contribution in [-0.4, -0.2) is 44.7 Å². The SMILES string of the molecule is Cc1ccc(CS(=O)(=O)Nc2ccc(Nc3nc(C)cc(N4CCOCC4)n3)cc2)cc1. The summed E-state index contributed by atoms with van der Waals surface area (Å²) in [5, 5.41) is 3.20. The summed E-state index contributed by atoms with van der Waals surface area (Å²) in [5.41, 5.74) is 3.97. The van der Waals surface area contributed by atoms with Crippen LogP contribution in [0.2, 0.25) is 0 Å². The number of hydrogen-bond acceptors (Lipinski definition) is 7. The molecule has 1 aliphatic rings. The third-order valence-electron chi connectivity index (χ3n) is 5.07. The molecule has 0 radical (unpaired) electrons. The fourth-order valence-electron chi connectivity index (χ4n) is 3.43. The standard InChI is InChI=1S/C23H27N5O3S/c1-17-3-5-19(6-4-17)16-32(29,30)27-21-9-7-20(8-10-21)25-23-24-18(2)15-22(26-23)28-11-13-31-14-12-28/h3-10,15,27H,11-14,16H2,1-2H3,(H,24,25,26). The van der Waals surface area contributed by atoms with Crippen molar-refractivity contribution >= 4 is 33.2 Å². The third-order valence-corrected chi connectivity index (χ3v) is 6.33. The highest BCUT2D eigenvalue weighted by Crippen LogP contribution is 2.21. The van der Waals surface area contributed by atoms with Gasteiger partial charge in [-0.15, -0.1) is 0 Å². The predicted octanol–water partition coefficient (Wildman–Crippen LogP) is 3.62. The molecule has 0 unspecified atom stereocenters. The van der Waals surface area contributed by atoms with Crippen LogP contribution in [0.15, 0.2) is 54.6 Å². The maximum Gasteiger partial charge on any atom is 0.236 e. The number of sulfonamides is 1. The van der Waals surface area contributed by atoms with Crippen molar-refractivity contribution in [2.24, 2.45) is 0 Å². The minimum Gasteiger partial charge on any atom is -0.378 e. The smallest absolute Gasteiger partial charge is 0.236 e. The van der Waals surface area contributed by atoms with E-state index in [4.69, 9.17) is 4.74 Å². The lowest BCUT2D eigenvalue weighted by atomic mass is 10.2. The van der Waals surface area contributed by atoms with Crippen LogP contribution in [0.1, 0.15) is 16.8 Å². The van der Waals surface area contributed by atoms with Crippen molar-refractivity contribution in [1.29, 1.82) is 0 Å². The van der Waals surface area contributed by atoms with Crippen LogP contribution in [0.3, 0.4) is 0 Å². The van der Waals surface area contributed by atoms with Crippen LogP contribution in [0.25, 0.3) is 0 Å². The first-order valence-corrected chi connectivity index (χ1v) is 12.1. The molecule has 1 aliphatic heterocycles. The van der Waals surface area contributed by atoms with Crippen molar-refractivity contribution in [3.05, 3.63) is 71.4 Å². The number of anilines is 4. The van der Waals surface area contributed by atoms with Gasteiger partial charge in [-0.3, -0.25) is 4.72 Å². The highest BCUT2D eigenvalue weighted by Gasteiger charge is 2.15. The fraction of sp³-hybridized carbons (Fsp3) is 0.304. The third kappa shape index (κ3) is 5.95. The Bertz CT molecular complexity index is 1160. The maximum absolute atomic E-state index is 12.5. The summed E-state index contributed by atoms with van der Waals surface area (Å²) >= 11 is 0. The van der Waals surface area contributed by atoms with Gasteiger partial charge < -0.3 is 15.0 Å². The first-order chi connectivity index (χ1) is 15.4. The molecule has 0 saturated carbocycles. The van der Waals surface area contributed by atoms with Gasteiger partial charge in [-0.25, -0.2) is 13.4 Å². The Morgan fingerprint density at radius 1 is 0.938 bits per heavy atom. The van der Waals surface area contributed by atoms with E-state index in [-0.39, 0.29) is 5.75 Å². The molecule has 3 aromatic rings. The van der Waals surface area contributed by atoms with Crippen molar-refractivity contribution in [3.63, 3.8) is 0 Å². The Morgan fingerprint density at radius 2 is 1.59 bits per heavy atom. The first kappa shape index (κ1) is 22.0. The van der Waals surface area contributed by atoms with Gasteiger partial charge in [-0.2, -0.15) is 4.98 Å². The van der Waals surface area contributed by atoms with Crippen LogP contribution >= 0.6 is 0 Å². The molecular formula is C23H27N5O3S. The molecular weight excluding hydrogens is 426 g/mol. The Labute approximate surface area is 188 Å². The second-order valence-electron chi connectivity index (χ2n) is 7.84. The molecule has 0 aliphatic carbocycles. The number of morpholine rings is 1. The molecule has 4 rings (SSSR count). The molecule has 2 heterocycles. The molecule has 0 atom stereocenters. The highest BCUT2D eigenvalue weighted by atomic mass is 32.2. The summed E-state index contributed by atoms with van der Waals surface area (Å²) in [6, 6.07) is 16.5. The van der Waals surface area contributed by atoms with E-state index < -0.39 is 10.0 Å². The average molecular weight is 454 g/mol. The van der Waals surface area contributed by atoms with Gasteiger partial charge in [0.15, 0.2) is 0 Å². The van der Waals surface area contributed by atoms with Crippen molar-refractivity contribution in [2.75, 3.05) is 41.2 Å². The number of aryl methyl sites for hydroxylation is 2. The highest BCUT2D eigenvalue weighted by molar-refractivity contribution is 7.91. The molecule has 168 valence electrons. The summed E-state index contributed by atoms with van der Waals surface area (Å²) in [7, 11) is -3.51. The quantitative estimate of drug-likeness (QED) is 0.564. The molecule has 32 heavy (non-hydrogen) atoms. The zero-order valence-electron chi connectivity index (χ0n) is 18.2. The van der Waals surface area contributed by atoms with Crippen LogP contribution in [0.4, 0.5) is 23.1 Å². The number of hydrogen-bond donors (Lipinski definition) is 2. The van der Waals surface area contributed by atoms with E-state index in [2.05, 4.69) is 24.9 Å². The van der Waals surface area contributed by atoms with Crippen molar-refractivity contribution in [2.45, 2.75) is 19.6 Å². The molecule has 8 nitrogen and oxygen atoms in total. The molecule has 0 amide bonds. The summed E-state index contributed by atoms with van der Waals surface area (Å²) in [6.07, 6.45) is 0. The molecule has 9 heteroatoms. The Hall–Kier alpha value is -3.17. The zero-order chi connectivity index (χ0) is 22.6. The van der Waals surface area contributed by atoms with Gasteiger partial charge in [0.25, 0.3) is 0 Å². The van der Waals surface area contributed by atoms with Crippen LogP contribution in [0, 0.1) is 13.8 Å². The van der Waals surface area contributed by atoms with E-state index in [0.29, 0.717) is 24.8 Å². The van der Waals surface area contributed by atoms with Crippen molar-refractivity contribution in [1.82, 2.24) is 9.97 Å². The normalized spacial score (nSPS) is 14.2. The largest absolute Gasteiger partial charge is 0.378 e. The average Bonchev–Trinajstić information content (AvgIpc) is 2.77. The predicted molar refractivity (Wildman–Crippen MR) is 127 cm³/mol. The molecule has 2 aromatic carbocycles. The Morgan fingerprint density at radius 3 is 2.28 bits per heavy atom. The number of nitrogens with one attached hydrogen (secondary N) is 2. The summed E-state index contributed by atoms with van der Waals surface area (Å²) < 4.78 is 33.0. The number of nitrogens with zero attached hydrogens (tertiary/aromatic N) is 3. The van der Waals surface area contributed by atoms with Gasteiger partial charge in [0, 0.05) is 36.2 Å². The second kappa shape index (κ2) is 9.54. The van der Waals surface area contributed by atoms with Gasteiger partial charge in [-0.1, -0.05) is 29.8 Å². The topological polar surface area (TPSA) is 96.5 Å². The molecule has 0 bridgehead atoms. The van der Waals surface area contributed by atoms with Gasteiger partial charge in [-0.05, 0) is 43.7 Å². The van der Waals surface area contributed by atoms with E-state index in [1.54, 1.807) is 24.3 Å². The first-order valence-electron chi connectivity index (χ1n) is 10.5. The van der Waals surface area contributed by atoms with Gasteiger partial charge in [0.05, 0.1) is 19.0 Å². The fourth-order valence-corrected chi connectivity index (χ4v) is 4.63. The van der Waals surface area contributed by atoms with E-state index in [1.165, 1.54) is 0 Å². The minimum absolute atomic E-state index is 0.0747. The Balaban J connectivity index is 1.41. The van der Waals surface area contributed by atoms with Crippen LogP contribution in [-0.2, 0) is 20.5 Å². The molecule has 1 aromatic heterocycles. The van der Waals surface area contributed by atoms with E-state index in [9.17, 15) is 8.42 Å². The van der Waals surface area contributed by atoms with E-state index >= 15 is 0 Å². The molecule has 0 spiro atoms. The molecule has 1 saturated heterocycles. The monoisotopic (exact) mass is 453 g/mol. The van der Waals surface area contributed by atoms with E-state index in [1.807, 2.05) is 44.2 Å². The Kier molecular flexibility index (Phi) is 6.57. The minimum atomic E-state index is -3.51. The van der Waals surface area contributed by atoms with Crippen LogP contribution < -0.4 is 14.9 Å². The van der Waals surface area contributed by atoms with Crippen molar-refractivity contribution in [3.8, 4) is 0 Å². The number of aromatic nitrogens is 2. The number of rotatable bonds is 7. The van der Waals surface area contributed by atoms with Gasteiger partial charge >= 0.3 is 0 Å². The van der Waals surface area contributed by atoms with Crippen molar-refractivity contribution < 1.29 is 13.2 Å². The lowest BCUT2D eigenvalue weighted by Gasteiger charge is -2.28. The number of benzene rings is 2. The maximum atomic E-state index is 12.5. The van der Waals surface area contributed by atoms with Crippen LogP contribution in [0.5, 0.6) is 0 Å². The lowest BCUT2D eigenvalue weighted by Crippen LogP contribution is -2.36. The van der Waals surface area contributed by atoms with Gasteiger partial charge in [0.1, 0.15) is 5.82 Å². The summed E-state index contributed by atoms with van der Waals surface area (Å²) in [5.74, 6) is 1.29. The summed E-state index contributed by atoms with van der Waals surface area (Å²) in [6.45, 7) is 6.88. The zero-order valence-corrected chi connectivity index (χ0v) is 19.0. The lowest BCUT2D eigenvalue weighted by molar-refractivity contribution is 0.122. The molecule has 2 N–H and O–H groups in total. The summed E-state index contributed by atoms with van der Waals surface area (Å²) in [4.78, 5) is 11.3. The van der Waals surface area contributed by atoms with E-state index in [0.717, 1.165) is 41.4 Å². The molecule has 1 fully saturated rings. The second-order valence-corrected chi connectivity index (χ2v) is 9.56. The van der Waals surface area contributed by atoms with Gasteiger partial charge in [0.2, 0.25) is 16.0 Å². The number of ether oxygens (including phenoxy) is 1.